The van der Waals surface area contributed by atoms with Crippen molar-refractivity contribution in [3.63, 3.8) is 0 Å². The lowest BCUT2D eigenvalue weighted by atomic mass is 9.95. The summed E-state index contributed by atoms with van der Waals surface area (Å²) in [4.78, 5) is 37.4. The smallest absolute Gasteiger partial charge is 0.295 e. The monoisotopic (exact) mass is 554 g/mol. The zero-order chi connectivity index (χ0) is 29.3. The number of hydrogen-bond acceptors (Lipinski definition) is 7. The maximum atomic E-state index is 13.6. The fraction of sp³-hybridized carbons (Fsp3) is 0.312. The number of fused-ring (bicyclic) bond motifs is 1. The highest BCUT2D eigenvalue weighted by Crippen LogP contribution is 2.43. The third-order valence-corrected chi connectivity index (χ3v) is 7.38. The Labute approximate surface area is 239 Å². The molecule has 9 nitrogen and oxygen atoms in total. The van der Waals surface area contributed by atoms with Gasteiger partial charge in [0.15, 0.2) is 17.3 Å². The van der Waals surface area contributed by atoms with E-state index >= 15 is 0 Å². The summed E-state index contributed by atoms with van der Waals surface area (Å²) in [7, 11) is 1.55. The minimum absolute atomic E-state index is 0.0291. The number of aromatic nitrogens is 3. The molecule has 3 aromatic heterocycles. The Hall–Kier alpha value is -4.66. The lowest BCUT2D eigenvalue weighted by molar-refractivity contribution is -0.140. The van der Waals surface area contributed by atoms with Gasteiger partial charge >= 0.3 is 0 Å². The van der Waals surface area contributed by atoms with Crippen molar-refractivity contribution in [3.05, 3.63) is 94.7 Å². The molecule has 1 amide bonds. The van der Waals surface area contributed by atoms with Crippen molar-refractivity contribution < 1.29 is 24.2 Å². The fourth-order valence-electron chi connectivity index (χ4n) is 5.13. The van der Waals surface area contributed by atoms with Crippen LogP contribution in [0, 0.1) is 19.8 Å². The number of amides is 1. The SMILES string of the molecule is COc1cc(C2C(=C(O)c3nc4c(C)cccn4c3C)C(=O)C(=O)N2Cc2cccnc2)ccc1OCCC(C)C. The first-order valence-corrected chi connectivity index (χ1v) is 13.6. The zero-order valence-corrected chi connectivity index (χ0v) is 23.9. The molecule has 41 heavy (non-hydrogen) atoms. The number of aryl methyl sites for hydroxylation is 2. The number of ether oxygens (including phenoxy) is 2. The van der Waals surface area contributed by atoms with Gasteiger partial charge in [0.05, 0.1) is 31.0 Å². The summed E-state index contributed by atoms with van der Waals surface area (Å²) in [5, 5.41) is 11.7. The molecule has 0 aliphatic carbocycles. The number of aliphatic hydroxyl groups is 1. The Morgan fingerprint density at radius 1 is 1.10 bits per heavy atom. The summed E-state index contributed by atoms with van der Waals surface area (Å²) in [6.07, 6.45) is 6.03. The first kappa shape index (κ1) is 27.9. The molecule has 1 aliphatic rings. The molecule has 1 atom stereocenters. The van der Waals surface area contributed by atoms with E-state index in [2.05, 4.69) is 23.8 Å². The van der Waals surface area contributed by atoms with E-state index in [4.69, 9.17) is 9.47 Å². The van der Waals surface area contributed by atoms with Gasteiger partial charge in [-0.1, -0.05) is 32.0 Å². The lowest BCUT2D eigenvalue weighted by Crippen LogP contribution is -2.29. The normalized spacial score (nSPS) is 16.6. The Kier molecular flexibility index (Phi) is 7.79. The number of carbonyl (C=O) groups excluding carboxylic acids is 2. The summed E-state index contributed by atoms with van der Waals surface area (Å²) < 4.78 is 13.5. The lowest BCUT2D eigenvalue weighted by Gasteiger charge is -2.26. The Morgan fingerprint density at radius 3 is 2.59 bits per heavy atom. The van der Waals surface area contributed by atoms with Crippen LogP contribution in [-0.2, 0) is 16.1 Å². The number of rotatable bonds is 9. The Balaban J connectivity index is 1.65. The second-order valence-corrected chi connectivity index (χ2v) is 10.7. The van der Waals surface area contributed by atoms with Crippen LogP contribution in [0.3, 0.4) is 0 Å². The first-order valence-electron chi connectivity index (χ1n) is 13.6. The molecule has 212 valence electrons. The predicted octanol–water partition coefficient (Wildman–Crippen LogP) is 5.40. The van der Waals surface area contributed by atoms with Crippen LogP contribution in [0.1, 0.15) is 54.4 Å². The Morgan fingerprint density at radius 2 is 1.90 bits per heavy atom. The molecule has 1 fully saturated rings. The highest BCUT2D eigenvalue weighted by atomic mass is 16.5. The molecule has 0 radical (unpaired) electrons. The molecule has 0 saturated carbocycles. The van der Waals surface area contributed by atoms with Crippen molar-refractivity contribution >= 4 is 23.1 Å². The molecule has 1 unspecified atom stereocenters. The first-order chi connectivity index (χ1) is 19.7. The number of benzene rings is 1. The zero-order valence-electron chi connectivity index (χ0n) is 23.9. The molecule has 0 spiro atoms. The third-order valence-electron chi connectivity index (χ3n) is 7.38. The Bertz CT molecular complexity index is 1640. The molecule has 0 bridgehead atoms. The number of carbonyl (C=O) groups is 2. The van der Waals surface area contributed by atoms with Gasteiger partial charge in [0.1, 0.15) is 11.3 Å². The van der Waals surface area contributed by atoms with Gasteiger partial charge in [-0.15, -0.1) is 0 Å². The average Bonchev–Trinajstić information content (AvgIpc) is 3.43. The van der Waals surface area contributed by atoms with Crippen LogP contribution in [-0.4, -0.2) is 49.8 Å². The fourth-order valence-corrected chi connectivity index (χ4v) is 5.13. The maximum absolute atomic E-state index is 13.6. The number of likely N-dealkylation sites (tertiary alicyclic amines) is 1. The van der Waals surface area contributed by atoms with E-state index in [1.54, 1.807) is 43.8 Å². The molecule has 4 heterocycles. The standard InChI is InChI=1S/C32H34N4O5/c1-19(2)12-15-41-24-11-10-23(16-25(24)40-5)28-26(30(38)32(39)36(28)18-22-9-6-13-33-17-22)29(37)27-21(4)35-14-7-8-20(3)31(35)34-27/h6-11,13-14,16-17,19,28,37H,12,15,18H2,1-5H3. The number of pyridine rings is 2. The molecule has 4 aromatic rings. The number of hydrogen-bond donors (Lipinski definition) is 1. The van der Waals surface area contributed by atoms with Gasteiger partial charge in [-0.25, -0.2) is 4.98 Å². The average molecular weight is 555 g/mol. The van der Waals surface area contributed by atoms with Gasteiger partial charge in [0.25, 0.3) is 11.7 Å². The van der Waals surface area contributed by atoms with Crippen molar-refractivity contribution in [1.82, 2.24) is 19.3 Å². The summed E-state index contributed by atoms with van der Waals surface area (Å²) in [6.45, 7) is 8.65. The summed E-state index contributed by atoms with van der Waals surface area (Å²) in [6, 6.07) is 11.9. The topological polar surface area (TPSA) is 106 Å². The van der Waals surface area contributed by atoms with Gasteiger partial charge in [0, 0.05) is 25.1 Å². The van der Waals surface area contributed by atoms with Gasteiger partial charge in [-0.2, -0.15) is 0 Å². The van der Waals surface area contributed by atoms with E-state index in [0.29, 0.717) is 40.9 Å². The number of imidazole rings is 1. The number of methoxy groups -OCH3 is 1. The number of aliphatic hydroxyl groups excluding tert-OH is 1. The molecule has 9 heteroatoms. The van der Waals surface area contributed by atoms with Crippen LogP contribution in [0.25, 0.3) is 11.4 Å². The summed E-state index contributed by atoms with van der Waals surface area (Å²) in [5.74, 6) is -0.293. The highest BCUT2D eigenvalue weighted by molar-refractivity contribution is 6.46. The van der Waals surface area contributed by atoms with E-state index in [9.17, 15) is 14.7 Å². The second kappa shape index (κ2) is 11.4. The van der Waals surface area contributed by atoms with Crippen molar-refractivity contribution in [2.45, 2.75) is 46.7 Å². The quantitative estimate of drug-likeness (QED) is 0.168. The van der Waals surface area contributed by atoms with E-state index in [0.717, 1.165) is 17.5 Å². The summed E-state index contributed by atoms with van der Waals surface area (Å²) >= 11 is 0. The van der Waals surface area contributed by atoms with Gasteiger partial charge < -0.3 is 23.9 Å². The number of Topliss-reactive ketones (excluding diaryl/α,β-unsaturated/α-hetero) is 1. The third kappa shape index (κ3) is 5.27. The van der Waals surface area contributed by atoms with E-state index in [-0.39, 0.29) is 23.6 Å². The van der Waals surface area contributed by atoms with Crippen LogP contribution >= 0.6 is 0 Å². The molecular formula is C32H34N4O5. The highest BCUT2D eigenvalue weighted by Gasteiger charge is 2.47. The number of nitrogens with zero attached hydrogens (tertiary/aromatic N) is 4. The molecule has 1 aliphatic heterocycles. The van der Waals surface area contributed by atoms with E-state index < -0.39 is 17.7 Å². The van der Waals surface area contributed by atoms with E-state index in [1.165, 1.54) is 4.90 Å². The summed E-state index contributed by atoms with van der Waals surface area (Å²) in [5.41, 5.74) is 3.81. The van der Waals surface area contributed by atoms with Gasteiger partial charge in [-0.3, -0.25) is 14.6 Å². The predicted molar refractivity (Wildman–Crippen MR) is 155 cm³/mol. The van der Waals surface area contributed by atoms with Crippen LogP contribution < -0.4 is 9.47 Å². The maximum Gasteiger partial charge on any atom is 0.295 e. The molecular weight excluding hydrogens is 520 g/mol. The number of ketones is 1. The molecule has 1 saturated heterocycles. The van der Waals surface area contributed by atoms with Crippen LogP contribution in [0.2, 0.25) is 0 Å². The van der Waals surface area contributed by atoms with Gasteiger partial charge in [-0.05, 0) is 67.1 Å². The molecule has 1 N–H and O–H groups in total. The molecule has 1 aromatic carbocycles. The molecule has 5 rings (SSSR count). The minimum atomic E-state index is -0.890. The minimum Gasteiger partial charge on any atom is -0.505 e. The van der Waals surface area contributed by atoms with Crippen molar-refractivity contribution in [2.75, 3.05) is 13.7 Å². The second-order valence-electron chi connectivity index (χ2n) is 10.7. The van der Waals surface area contributed by atoms with Crippen molar-refractivity contribution in [3.8, 4) is 11.5 Å². The van der Waals surface area contributed by atoms with Gasteiger partial charge in [0.2, 0.25) is 0 Å². The van der Waals surface area contributed by atoms with Crippen molar-refractivity contribution in [1.29, 1.82) is 0 Å². The van der Waals surface area contributed by atoms with E-state index in [1.807, 2.05) is 42.6 Å². The largest absolute Gasteiger partial charge is 0.505 e. The van der Waals surface area contributed by atoms with Crippen LogP contribution in [0.4, 0.5) is 0 Å². The van der Waals surface area contributed by atoms with Crippen LogP contribution in [0.5, 0.6) is 11.5 Å². The van der Waals surface area contributed by atoms with Crippen molar-refractivity contribution in [2.24, 2.45) is 5.92 Å². The van der Waals surface area contributed by atoms with Crippen LogP contribution in [0.15, 0.2) is 66.6 Å².